The number of nitrogens with one attached hydrogen (secondary N) is 1. The Bertz CT molecular complexity index is 1130. The third-order valence-corrected chi connectivity index (χ3v) is 5.06. The third-order valence-electron chi connectivity index (χ3n) is 5.06. The van der Waals surface area contributed by atoms with E-state index in [0.29, 0.717) is 22.2 Å². The lowest BCUT2D eigenvalue weighted by Gasteiger charge is -2.31. The van der Waals surface area contributed by atoms with E-state index < -0.39 is 12.0 Å². The number of carbonyl (C=O) groups is 2. The van der Waals surface area contributed by atoms with Gasteiger partial charge in [0.2, 0.25) is 0 Å². The fourth-order valence-electron chi connectivity index (χ4n) is 3.36. The summed E-state index contributed by atoms with van der Waals surface area (Å²) in [5, 5.41) is 13.1. The van der Waals surface area contributed by atoms with Gasteiger partial charge in [-0.3, -0.25) is 9.78 Å². The monoisotopic (exact) mass is 431 g/mol. The average Bonchev–Trinajstić information content (AvgIpc) is 3.16. The Balaban J connectivity index is 1.54. The minimum atomic E-state index is -2.72. The number of rotatable bonds is 3. The molecule has 2 aromatic heterocycles. The van der Waals surface area contributed by atoms with Crippen molar-refractivity contribution in [3.05, 3.63) is 42.1 Å². The number of phenols is 1. The predicted molar refractivity (Wildman–Crippen MR) is 106 cm³/mol. The lowest BCUT2D eigenvalue weighted by molar-refractivity contribution is -0.0494. The van der Waals surface area contributed by atoms with E-state index in [1.165, 1.54) is 30.3 Å². The molecule has 0 unspecified atom stereocenters. The first kappa shape index (κ1) is 20.6. The van der Waals surface area contributed by atoms with Crippen LogP contribution in [-0.2, 0) is 0 Å². The van der Waals surface area contributed by atoms with Crippen LogP contribution in [0.1, 0.15) is 23.2 Å². The van der Waals surface area contributed by atoms with Crippen molar-refractivity contribution < 1.29 is 32.6 Å². The van der Waals surface area contributed by atoms with E-state index in [2.05, 4.69) is 10.3 Å². The van der Waals surface area contributed by atoms with E-state index in [0.717, 1.165) is 0 Å². The molecule has 2 amide bonds. The molecule has 1 aliphatic heterocycles. The van der Waals surface area contributed by atoms with Gasteiger partial charge in [0.25, 0.3) is 17.8 Å². The molecule has 0 atom stereocenters. The van der Waals surface area contributed by atoms with Crippen LogP contribution in [0.3, 0.4) is 0 Å². The van der Waals surface area contributed by atoms with Gasteiger partial charge in [-0.1, -0.05) is 0 Å². The summed E-state index contributed by atoms with van der Waals surface area (Å²) in [4.78, 5) is 29.5. The standard InChI is InChI=1S/C21H19F2N3O5/c1-24-20(29)31-17-10-14-8-13(9-16(27)18(14)30-17)15-3-2-12(11-25-15)19(28)26-6-4-21(22,23)5-7-26/h2-3,8-11,27H,4-7H2,1H3,(H,24,29). The van der Waals surface area contributed by atoms with Crippen molar-refractivity contribution in [2.75, 3.05) is 20.1 Å². The van der Waals surface area contributed by atoms with E-state index >= 15 is 0 Å². The topological polar surface area (TPSA) is 105 Å². The number of piperidine rings is 1. The summed E-state index contributed by atoms with van der Waals surface area (Å²) >= 11 is 0. The highest BCUT2D eigenvalue weighted by molar-refractivity contribution is 5.94. The predicted octanol–water partition coefficient (Wildman–Crippen LogP) is 3.79. The number of phenolic OH excluding ortho intramolecular Hbond substituents is 1. The second-order valence-corrected chi connectivity index (χ2v) is 7.20. The van der Waals surface area contributed by atoms with Crippen molar-refractivity contribution in [2.24, 2.45) is 0 Å². The first-order valence-corrected chi connectivity index (χ1v) is 9.55. The van der Waals surface area contributed by atoms with Crippen LogP contribution in [0.15, 0.2) is 40.9 Å². The molecule has 162 valence electrons. The molecule has 1 saturated heterocycles. The summed E-state index contributed by atoms with van der Waals surface area (Å²) < 4.78 is 36.9. The quantitative estimate of drug-likeness (QED) is 0.654. The highest BCUT2D eigenvalue weighted by Gasteiger charge is 2.35. The lowest BCUT2D eigenvalue weighted by atomic mass is 10.1. The molecule has 0 bridgehead atoms. The van der Waals surface area contributed by atoms with E-state index in [1.807, 2.05) is 0 Å². The number of nitrogens with zero attached hydrogens (tertiary/aromatic N) is 2. The van der Waals surface area contributed by atoms with Crippen molar-refractivity contribution in [1.82, 2.24) is 15.2 Å². The van der Waals surface area contributed by atoms with Crippen LogP contribution in [-0.4, -0.2) is 53.1 Å². The number of aromatic nitrogens is 1. The van der Waals surface area contributed by atoms with E-state index in [9.17, 15) is 23.5 Å². The van der Waals surface area contributed by atoms with Crippen LogP contribution in [0, 0.1) is 0 Å². The fraction of sp³-hybridized carbons (Fsp3) is 0.286. The molecule has 0 spiro atoms. The maximum absolute atomic E-state index is 13.3. The molecule has 8 nitrogen and oxygen atoms in total. The number of carbonyl (C=O) groups excluding carboxylic acids is 2. The van der Waals surface area contributed by atoms with Gasteiger partial charge in [0.05, 0.1) is 11.3 Å². The summed E-state index contributed by atoms with van der Waals surface area (Å²) in [6.07, 6.45) is -0.0287. The molecule has 0 aliphatic carbocycles. The molecule has 1 aliphatic rings. The van der Waals surface area contributed by atoms with E-state index in [4.69, 9.17) is 9.15 Å². The largest absolute Gasteiger partial charge is 0.504 e. The zero-order chi connectivity index (χ0) is 22.2. The van der Waals surface area contributed by atoms with Crippen molar-refractivity contribution >= 4 is 23.0 Å². The van der Waals surface area contributed by atoms with Crippen molar-refractivity contribution in [1.29, 1.82) is 0 Å². The Labute approximate surface area is 175 Å². The molecule has 10 heteroatoms. The molecule has 0 radical (unpaired) electrons. The molecular weight excluding hydrogens is 412 g/mol. The van der Waals surface area contributed by atoms with E-state index in [-0.39, 0.29) is 49.1 Å². The summed E-state index contributed by atoms with van der Waals surface area (Å²) in [5.74, 6) is -3.32. The van der Waals surface area contributed by atoms with Crippen molar-refractivity contribution in [3.63, 3.8) is 0 Å². The molecule has 3 heterocycles. The molecule has 4 rings (SSSR count). The van der Waals surface area contributed by atoms with Gasteiger partial charge >= 0.3 is 6.09 Å². The van der Waals surface area contributed by atoms with Gasteiger partial charge in [-0.15, -0.1) is 0 Å². The summed E-state index contributed by atoms with van der Waals surface area (Å²) in [7, 11) is 1.40. The number of fused-ring (bicyclic) bond motifs is 1. The Morgan fingerprint density at radius 2 is 1.97 bits per heavy atom. The first-order valence-electron chi connectivity index (χ1n) is 9.55. The van der Waals surface area contributed by atoms with Crippen LogP contribution in [0.25, 0.3) is 22.2 Å². The summed E-state index contributed by atoms with van der Waals surface area (Å²) in [6.45, 7) is -0.00184. The molecule has 1 aromatic carbocycles. The second kappa shape index (κ2) is 7.86. The van der Waals surface area contributed by atoms with Gasteiger partial charge < -0.3 is 24.5 Å². The number of halogens is 2. The van der Waals surface area contributed by atoms with Gasteiger partial charge in [0.1, 0.15) is 0 Å². The van der Waals surface area contributed by atoms with Crippen LogP contribution in [0.2, 0.25) is 0 Å². The lowest BCUT2D eigenvalue weighted by Crippen LogP contribution is -2.42. The molecule has 1 fully saturated rings. The van der Waals surface area contributed by atoms with Gasteiger partial charge in [-0.2, -0.15) is 0 Å². The minimum Gasteiger partial charge on any atom is -0.504 e. The number of amides is 2. The Morgan fingerprint density at radius 3 is 2.61 bits per heavy atom. The zero-order valence-electron chi connectivity index (χ0n) is 16.5. The summed E-state index contributed by atoms with van der Waals surface area (Å²) in [5.41, 5.74) is 1.47. The molecule has 2 N–H and O–H groups in total. The number of hydrogen-bond acceptors (Lipinski definition) is 6. The number of alkyl halides is 2. The molecule has 31 heavy (non-hydrogen) atoms. The van der Waals surface area contributed by atoms with Gasteiger partial charge in [0.15, 0.2) is 11.3 Å². The number of furan rings is 1. The second-order valence-electron chi connectivity index (χ2n) is 7.20. The highest BCUT2D eigenvalue weighted by Crippen LogP contribution is 2.36. The Kier molecular flexibility index (Phi) is 5.22. The van der Waals surface area contributed by atoms with Crippen LogP contribution >= 0.6 is 0 Å². The average molecular weight is 431 g/mol. The van der Waals surface area contributed by atoms with Crippen molar-refractivity contribution in [2.45, 2.75) is 18.8 Å². The van der Waals surface area contributed by atoms with Crippen LogP contribution in [0.4, 0.5) is 13.6 Å². The maximum atomic E-state index is 13.3. The van der Waals surface area contributed by atoms with Crippen molar-refractivity contribution in [3.8, 4) is 23.0 Å². The fourth-order valence-corrected chi connectivity index (χ4v) is 3.36. The van der Waals surface area contributed by atoms with E-state index in [1.54, 1.807) is 18.2 Å². The number of aromatic hydroxyl groups is 1. The minimum absolute atomic E-state index is 0.000920. The molecule has 3 aromatic rings. The smallest absolute Gasteiger partial charge is 0.414 e. The summed E-state index contributed by atoms with van der Waals surface area (Å²) in [6, 6.07) is 7.75. The Morgan fingerprint density at radius 1 is 1.23 bits per heavy atom. The Hall–Kier alpha value is -3.69. The highest BCUT2D eigenvalue weighted by atomic mass is 19.3. The SMILES string of the molecule is CNC(=O)Oc1cc2cc(-c3ccc(C(=O)N4CCC(F)(F)CC4)cn3)cc(O)c2o1. The van der Waals surface area contributed by atoms with Crippen LogP contribution in [0.5, 0.6) is 11.7 Å². The number of ether oxygens (including phenoxy) is 1. The van der Waals surface area contributed by atoms with Crippen LogP contribution < -0.4 is 10.1 Å². The maximum Gasteiger partial charge on any atom is 0.414 e. The number of pyridine rings is 1. The van der Waals surface area contributed by atoms with Gasteiger partial charge in [-0.25, -0.2) is 13.6 Å². The number of likely N-dealkylation sites (tertiary alicyclic amines) is 1. The molecular formula is C21H19F2N3O5. The van der Waals surface area contributed by atoms with Gasteiger partial charge in [-0.05, 0) is 24.3 Å². The zero-order valence-corrected chi connectivity index (χ0v) is 16.5. The third kappa shape index (κ3) is 4.27. The number of benzene rings is 1. The number of hydrogen-bond donors (Lipinski definition) is 2. The first-order chi connectivity index (χ1) is 14.8. The normalized spacial score (nSPS) is 15.6. The molecule has 0 saturated carbocycles. The van der Waals surface area contributed by atoms with Gasteiger partial charge in [0, 0.05) is 56.2 Å².